The number of aromatic carboxylic acids is 1. The van der Waals surface area contributed by atoms with E-state index in [1.807, 2.05) is 30.3 Å². The summed E-state index contributed by atoms with van der Waals surface area (Å²) in [6.07, 6.45) is 1.20. The fourth-order valence-electron chi connectivity index (χ4n) is 2.75. The topological polar surface area (TPSA) is 95.7 Å². The molecule has 0 saturated carbocycles. The molecular formula is C15H18N4O4S. The third-order valence-electron chi connectivity index (χ3n) is 3.97. The molecule has 2 heterocycles. The number of carboxylic acid groups (broad SMARTS) is 1. The first kappa shape index (κ1) is 16.5. The van der Waals surface area contributed by atoms with Crippen LogP contribution in [0.15, 0.2) is 41.6 Å². The van der Waals surface area contributed by atoms with E-state index in [4.69, 9.17) is 0 Å². The summed E-state index contributed by atoms with van der Waals surface area (Å²) < 4.78 is 28.0. The number of aromatic nitrogens is 2. The largest absolute Gasteiger partial charge is 0.478 e. The quantitative estimate of drug-likeness (QED) is 0.869. The number of carbonyl (C=O) groups is 1. The predicted molar refractivity (Wildman–Crippen MR) is 87.6 cm³/mol. The monoisotopic (exact) mass is 350 g/mol. The summed E-state index contributed by atoms with van der Waals surface area (Å²) in [5, 5.41) is 12.6. The number of carboxylic acids is 1. The maximum absolute atomic E-state index is 12.7. The van der Waals surface area contributed by atoms with Crippen molar-refractivity contribution in [2.45, 2.75) is 5.03 Å². The highest BCUT2D eigenvalue weighted by atomic mass is 32.2. The zero-order valence-electron chi connectivity index (χ0n) is 13.2. The Bertz CT molecular complexity index is 840. The summed E-state index contributed by atoms with van der Waals surface area (Å²) in [5.74, 6) is -1.30. The van der Waals surface area contributed by atoms with Crippen molar-refractivity contribution in [3.63, 3.8) is 0 Å². The second-order valence-electron chi connectivity index (χ2n) is 5.55. The molecule has 1 aliphatic rings. The average Bonchev–Trinajstić information content (AvgIpc) is 2.99. The third kappa shape index (κ3) is 3.00. The molecule has 1 fully saturated rings. The minimum absolute atomic E-state index is 0.285. The van der Waals surface area contributed by atoms with Crippen molar-refractivity contribution < 1.29 is 18.3 Å². The molecule has 2 aromatic rings. The van der Waals surface area contributed by atoms with Crippen LogP contribution in [0.3, 0.4) is 0 Å². The molecule has 1 saturated heterocycles. The first-order chi connectivity index (χ1) is 11.4. The highest BCUT2D eigenvalue weighted by Crippen LogP contribution is 2.22. The van der Waals surface area contributed by atoms with E-state index in [9.17, 15) is 18.3 Å². The number of benzene rings is 1. The van der Waals surface area contributed by atoms with Gasteiger partial charge >= 0.3 is 5.97 Å². The minimum Gasteiger partial charge on any atom is -0.478 e. The molecule has 0 unspecified atom stereocenters. The SMILES string of the molecule is Cn1cc(C(=O)O)c(S(=O)(=O)N2CCN(c3ccccc3)CC2)n1. The van der Waals surface area contributed by atoms with Crippen molar-refractivity contribution in [2.75, 3.05) is 31.1 Å². The van der Waals surface area contributed by atoms with Crippen LogP contribution in [0.2, 0.25) is 0 Å². The van der Waals surface area contributed by atoms with Crippen LogP contribution in [-0.2, 0) is 17.1 Å². The van der Waals surface area contributed by atoms with Gasteiger partial charge < -0.3 is 10.0 Å². The van der Waals surface area contributed by atoms with Crippen molar-refractivity contribution in [1.82, 2.24) is 14.1 Å². The summed E-state index contributed by atoms with van der Waals surface area (Å²) in [6, 6.07) is 9.76. The number of piperazine rings is 1. The number of para-hydroxylation sites is 1. The number of rotatable bonds is 4. The van der Waals surface area contributed by atoms with Crippen molar-refractivity contribution in [1.29, 1.82) is 0 Å². The number of sulfonamides is 1. The first-order valence-electron chi connectivity index (χ1n) is 7.46. The first-order valence-corrected chi connectivity index (χ1v) is 8.90. The molecule has 1 N–H and O–H groups in total. The van der Waals surface area contributed by atoms with E-state index in [1.54, 1.807) is 0 Å². The van der Waals surface area contributed by atoms with E-state index in [0.29, 0.717) is 13.1 Å². The van der Waals surface area contributed by atoms with Crippen LogP contribution in [0, 0.1) is 0 Å². The summed E-state index contributed by atoms with van der Waals surface area (Å²) in [4.78, 5) is 13.4. The van der Waals surface area contributed by atoms with Gasteiger partial charge in [0.2, 0.25) is 5.03 Å². The Labute approximate surface area is 140 Å². The van der Waals surface area contributed by atoms with E-state index < -0.39 is 21.0 Å². The van der Waals surface area contributed by atoms with E-state index in [0.717, 1.165) is 5.69 Å². The lowest BCUT2D eigenvalue weighted by Crippen LogP contribution is -2.49. The van der Waals surface area contributed by atoms with Crippen molar-refractivity contribution >= 4 is 21.7 Å². The van der Waals surface area contributed by atoms with Gasteiger partial charge in [0.15, 0.2) is 0 Å². The maximum atomic E-state index is 12.7. The Morgan fingerprint density at radius 1 is 1.12 bits per heavy atom. The van der Waals surface area contributed by atoms with Gasteiger partial charge in [-0.2, -0.15) is 9.40 Å². The van der Waals surface area contributed by atoms with Crippen LogP contribution in [0.25, 0.3) is 0 Å². The molecule has 8 nitrogen and oxygen atoms in total. The molecule has 3 rings (SSSR count). The van der Waals surface area contributed by atoms with Gasteiger partial charge in [0, 0.05) is 45.1 Å². The Hall–Kier alpha value is -2.39. The van der Waals surface area contributed by atoms with Gasteiger partial charge in [0.05, 0.1) is 0 Å². The molecule has 0 amide bonds. The average molecular weight is 350 g/mol. The van der Waals surface area contributed by atoms with Gasteiger partial charge in [-0.25, -0.2) is 13.2 Å². The molecule has 9 heteroatoms. The number of hydrogen-bond donors (Lipinski definition) is 1. The van der Waals surface area contributed by atoms with E-state index in [2.05, 4.69) is 10.00 Å². The zero-order chi connectivity index (χ0) is 17.3. The van der Waals surface area contributed by atoms with E-state index >= 15 is 0 Å². The lowest BCUT2D eigenvalue weighted by atomic mass is 10.2. The Morgan fingerprint density at radius 3 is 2.33 bits per heavy atom. The van der Waals surface area contributed by atoms with Crippen LogP contribution in [0.4, 0.5) is 5.69 Å². The Morgan fingerprint density at radius 2 is 1.75 bits per heavy atom. The summed E-state index contributed by atoms with van der Waals surface area (Å²) in [6.45, 7) is 1.65. The summed E-state index contributed by atoms with van der Waals surface area (Å²) >= 11 is 0. The van der Waals surface area contributed by atoms with Crippen LogP contribution < -0.4 is 4.90 Å². The van der Waals surface area contributed by atoms with Gasteiger partial charge in [-0.1, -0.05) is 18.2 Å². The number of nitrogens with zero attached hydrogens (tertiary/aromatic N) is 4. The normalized spacial score (nSPS) is 16.3. The van der Waals surface area contributed by atoms with Crippen LogP contribution in [0.5, 0.6) is 0 Å². The van der Waals surface area contributed by atoms with Crippen LogP contribution in [-0.4, -0.2) is 59.8 Å². The Balaban J connectivity index is 1.80. The lowest BCUT2D eigenvalue weighted by Gasteiger charge is -2.35. The van der Waals surface area contributed by atoms with Crippen LogP contribution in [0.1, 0.15) is 10.4 Å². The van der Waals surface area contributed by atoms with Gasteiger partial charge in [-0.05, 0) is 12.1 Å². The van der Waals surface area contributed by atoms with Crippen molar-refractivity contribution in [2.24, 2.45) is 7.05 Å². The maximum Gasteiger partial charge on any atom is 0.340 e. The van der Waals surface area contributed by atoms with E-state index in [1.165, 1.54) is 22.2 Å². The molecule has 24 heavy (non-hydrogen) atoms. The number of anilines is 1. The second-order valence-corrected chi connectivity index (χ2v) is 7.41. The van der Waals surface area contributed by atoms with E-state index in [-0.39, 0.29) is 18.7 Å². The third-order valence-corrected chi connectivity index (χ3v) is 5.80. The van der Waals surface area contributed by atoms with Gasteiger partial charge in [0.25, 0.3) is 10.0 Å². The lowest BCUT2D eigenvalue weighted by molar-refractivity contribution is 0.0692. The summed E-state index contributed by atoms with van der Waals surface area (Å²) in [7, 11) is -2.43. The molecule has 1 aliphatic heterocycles. The molecule has 0 spiro atoms. The fourth-order valence-corrected chi connectivity index (χ4v) is 4.29. The molecule has 0 radical (unpaired) electrons. The minimum atomic E-state index is -3.93. The van der Waals surface area contributed by atoms with Gasteiger partial charge in [-0.3, -0.25) is 4.68 Å². The summed E-state index contributed by atoms with van der Waals surface area (Å²) in [5.41, 5.74) is 0.738. The zero-order valence-corrected chi connectivity index (χ0v) is 14.0. The molecular weight excluding hydrogens is 332 g/mol. The Kier molecular flexibility index (Phi) is 4.29. The molecule has 0 atom stereocenters. The number of hydrogen-bond acceptors (Lipinski definition) is 5. The highest BCUT2D eigenvalue weighted by molar-refractivity contribution is 7.89. The second kappa shape index (κ2) is 6.25. The fraction of sp³-hybridized carbons (Fsp3) is 0.333. The molecule has 0 aliphatic carbocycles. The van der Waals surface area contributed by atoms with Crippen molar-refractivity contribution in [3.8, 4) is 0 Å². The highest BCUT2D eigenvalue weighted by Gasteiger charge is 2.34. The van der Waals surface area contributed by atoms with Gasteiger partial charge in [-0.15, -0.1) is 0 Å². The van der Waals surface area contributed by atoms with Crippen molar-refractivity contribution in [3.05, 3.63) is 42.1 Å². The van der Waals surface area contributed by atoms with Gasteiger partial charge in [0.1, 0.15) is 5.56 Å². The molecule has 1 aromatic heterocycles. The predicted octanol–water partition coefficient (Wildman–Crippen LogP) is 0.629. The standard InChI is InChI=1S/C15H18N4O4S/c1-17-11-13(15(20)21)14(16-17)24(22,23)19-9-7-18(8-10-19)12-5-3-2-4-6-12/h2-6,11H,7-10H2,1H3,(H,20,21). The molecule has 1 aromatic carbocycles. The number of aryl methyl sites for hydroxylation is 1. The van der Waals surface area contributed by atoms with Crippen LogP contribution >= 0.6 is 0 Å². The smallest absolute Gasteiger partial charge is 0.340 e. The molecule has 128 valence electrons. The molecule has 0 bridgehead atoms.